The van der Waals surface area contributed by atoms with Crippen molar-refractivity contribution in [1.29, 1.82) is 0 Å². The summed E-state index contributed by atoms with van der Waals surface area (Å²) in [4.78, 5) is 15.9. The van der Waals surface area contributed by atoms with E-state index in [-0.39, 0.29) is 19.1 Å². The number of hydrogen-bond donors (Lipinski definition) is 2. The Morgan fingerprint density at radius 2 is 2.13 bits per heavy atom. The standard InChI is InChI=1S/C18H22N2O3/c1-12(2)16-5-4-15(8-13(16)3)23-11-18(22)20-17-9-19-7-6-14(17)10-21/h4-9,12,21H,10-11H2,1-3H3,(H,20,22). The van der Waals surface area contributed by atoms with E-state index in [2.05, 4.69) is 24.1 Å². The first-order chi connectivity index (χ1) is 11.0. The molecular weight excluding hydrogens is 292 g/mol. The van der Waals surface area contributed by atoms with Gasteiger partial charge in [0.25, 0.3) is 5.91 Å². The minimum atomic E-state index is -0.293. The molecule has 0 saturated carbocycles. The van der Waals surface area contributed by atoms with Crippen LogP contribution in [0.5, 0.6) is 5.75 Å². The van der Waals surface area contributed by atoms with Crippen molar-refractivity contribution < 1.29 is 14.6 Å². The third-order valence-corrected chi connectivity index (χ3v) is 3.59. The quantitative estimate of drug-likeness (QED) is 0.860. The number of hydrogen-bond acceptors (Lipinski definition) is 4. The Morgan fingerprint density at radius 1 is 1.35 bits per heavy atom. The topological polar surface area (TPSA) is 71.5 Å². The van der Waals surface area contributed by atoms with E-state index in [0.717, 1.165) is 5.56 Å². The van der Waals surface area contributed by atoms with Crippen molar-refractivity contribution in [2.75, 3.05) is 11.9 Å². The number of carbonyl (C=O) groups excluding carboxylic acids is 1. The Balaban J connectivity index is 1.95. The van der Waals surface area contributed by atoms with Gasteiger partial charge >= 0.3 is 0 Å². The van der Waals surface area contributed by atoms with Gasteiger partial charge in [-0.05, 0) is 42.2 Å². The Morgan fingerprint density at radius 3 is 2.78 bits per heavy atom. The normalized spacial score (nSPS) is 10.7. The van der Waals surface area contributed by atoms with Crippen LogP contribution in [0.25, 0.3) is 0 Å². The number of amides is 1. The predicted molar refractivity (Wildman–Crippen MR) is 89.6 cm³/mol. The summed E-state index contributed by atoms with van der Waals surface area (Å²) in [5.41, 5.74) is 3.53. The highest BCUT2D eigenvalue weighted by Gasteiger charge is 2.09. The number of aliphatic hydroxyl groups is 1. The number of aryl methyl sites for hydroxylation is 1. The maximum Gasteiger partial charge on any atom is 0.262 e. The van der Waals surface area contributed by atoms with Crippen LogP contribution in [0.2, 0.25) is 0 Å². The summed E-state index contributed by atoms with van der Waals surface area (Å²) >= 11 is 0. The molecule has 0 fully saturated rings. The first kappa shape index (κ1) is 17.0. The molecule has 0 saturated heterocycles. The average molecular weight is 314 g/mol. The number of aliphatic hydroxyl groups excluding tert-OH is 1. The van der Waals surface area contributed by atoms with Gasteiger partial charge in [0.1, 0.15) is 5.75 Å². The van der Waals surface area contributed by atoms with Crippen LogP contribution in [0.1, 0.15) is 36.5 Å². The van der Waals surface area contributed by atoms with E-state index < -0.39 is 0 Å². The minimum Gasteiger partial charge on any atom is -0.484 e. The zero-order valence-electron chi connectivity index (χ0n) is 13.7. The highest BCUT2D eigenvalue weighted by atomic mass is 16.5. The van der Waals surface area contributed by atoms with Crippen molar-refractivity contribution in [1.82, 2.24) is 4.98 Å². The number of anilines is 1. The molecule has 0 aliphatic heterocycles. The van der Waals surface area contributed by atoms with E-state index in [4.69, 9.17) is 4.74 Å². The van der Waals surface area contributed by atoms with E-state index in [1.807, 2.05) is 25.1 Å². The lowest BCUT2D eigenvalue weighted by molar-refractivity contribution is -0.118. The van der Waals surface area contributed by atoms with Gasteiger partial charge < -0.3 is 15.2 Å². The third kappa shape index (κ3) is 4.53. The van der Waals surface area contributed by atoms with E-state index in [1.165, 1.54) is 11.8 Å². The third-order valence-electron chi connectivity index (χ3n) is 3.59. The molecule has 0 unspecified atom stereocenters. The molecule has 0 spiro atoms. The van der Waals surface area contributed by atoms with E-state index in [0.29, 0.717) is 22.9 Å². The number of pyridine rings is 1. The fourth-order valence-electron chi connectivity index (χ4n) is 2.39. The van der Waals surface area contributed by atoms with Crippen molar-refractivity contribution in [2.24, 2.45) is 0 Å². The SMILES string of the molecule is Cc1cc(OCC(=O)Nc2cnccc2CO)ccc1C(C)C. The van der Waals surface area contributed by atoms with Gasteiger partial charge in [0.2, 0.25) is 0 Å². The minimum absolute atomic E-state index is 0.0970. The predicted octanol–water partition coefficient (Wildman–Crippen LogP) is 3.02. The van der Waals surface area contributed by atoms with Crippen molar-refractivity contribution >= 4 is 11.6 Å². The molecule has 2 aromatic rings. The van der Waals surface area contributed by atoms with Gasteiger partial charge in [0, 0.05) is 11.8 Å². The van der Waals surface area contributed by atoms with Crippen LogP contribution in [0.15, 0.2) is 36.7 Å². The maximum atomic E-state index is 12.0. The lowest BCUT2D eigenvalue weighted by Crippen LogP contribution is -2.21. The molecule has 1 amide bonds. The molecule has 0 radical (unpaired) electrons. The molecule has 0 atom stereocenters. The molecule has 1 aromatic carbocycles. The Hall–Kier alpha value is -2.40. The summed E-state index contributed by atoms with van der Waals surface area (Å²) in [5, 5.41) is 11.9. The molecule has 23 heavy (non-hydrogen) atoms. The Labute approximate surface area is 136 Å². The molecule has 2 N–H and O–H groups in total. The van der Waals surface area contributed by atoms with Crippen LogP contribution in [0, 0.1) is 6.92 Å². The molecule has 122 valence electrons. The Bertz CT molecular complexity index is 684. The van der Waals surface area contributed by atoms with E-state index in [9.17, 15) is 9.90 Å². The van der Waals surface area contributed by atoms with Crippen LogP contribution >= 0.6 is 0 Å². The van der Waals surface area contributed by atoms with Crippen molar-refractivity contribution in [3.8, 4) is 5.75 Å². The lowest BCUT2D eigenvalue weighted by Gasteiger charge is -2.13. The molecule has 0 aliphatic rings. The van der Waals surface area contributed by atoms with Crippen molar-refractivity contribution in [2.45, 2.75) is 33.3 Å². The highest BCUT2D eigenvalue weighted by Crippen LogP contribution is 2.23. The van der Waals surface area contributed by atoms with Gasteiger partial charge in [-0.2, -0.15) is 0 Å². The number of benzene rings is 1. The van der Waals surface area contributed by atoms with Crippen LogP contribution in [0.4, 0.5) is 5.69 Å². The molecule has 1 heterocycles. The van der Waals surface area contributed by atoms with Crippen LogP contribution < -0.4 is 10.1 Å². The van der Waals surface area contributed by atoms with Gasteiger partial charge in [0.15, 0.2) is 6.61 Å². The highest BCUT2D eigenvalue weighted by molar-refractivity contribution is 5.92. The summed E-state index contributed by atoms with van der Waals surface area (Å²) in [6, 6.07) is 7.49. The zero-order valence-corrected chi connectivity index (χ0v) is 13.7. The molecule has 5 heteroatoms. The first-order valence-electron chi connectivity index (χ1n) is 7.58. The summed E-state index contributed by atoms with van der Waals surface area (Å²) in [7, 11) is 0. The zero-order chi connectivity index (χ0) is 16.8. The van der Waals surface area contributed by atoms with Crippen LogP contribution in [-0.4, -0.2) is 22.6 Å². The second-order valence-electron chi connectivity index (χ2n) is 5.70. The summed E-state index contributed by atoms with van der Waals surface area (Å²) in [5.74, 6) is 0.823. The smallest absolute Gasteiger partial charge is 0.262 e. The monoisotopic (exact) mass is 314 g/mol. The van der Waals surface area contributed by atoms with Gasteiger partial charge in [-0.25, -0.2) is 0 Å². The second kappa shape index (κ2) is 7.74. The molecule has 1 aromatic heterocycles. The van der Waals surface area contributed by atoms with Gasteiger partial charge in [-0.3, -0.25) is 9.78 Å². The van der Waals surface area contributed by atoms with Gasteiger partial charge in [-0.1, -0.05) is 19.9 Å². The van der Waals surface area contributed by atoms with Crippen molar-refractivity contribution in [3.63, 3.8) is 0 Å². The fraction of sp³-hybridized carbons (Fsp3) is 0.333. The molecular formula is C18H22N2O3. The van der Waals surface area contributed by atoms with Gasteiger partial charge in [0.05, 0.1) is 18.5 Å². The average Bonchev–Trinajstić information content (AvgIpc) is 2.53. The number of rotatable bonds is 6. The van der Waals surface area contributed by atoms with Crippen LogP contribution in [-0.2, 0) is 11.4 Å². The molecule has 0 aliphatic carbocycles. The largest absolute Gasteiger partial charge is 0.484 e. The fourth-order valence-corrected chi connectivity index (χ4v) is 2.39. The maximum absolute atomic E-state index is 12.0. The van der Waals surface area contributed by atoms with Crippen LogP contribution in [0.3, 0.4) is 0 Å². The summed E-state index contributed by atoms with van der Waals surface area (Å²) < 4.78 is 5.53. The summed E-state index contributed by atoms with van der Waals surface area (Å²) in [6.07, 6.45) is 3.07. The number of carbonyl (C=O) groups is 1. The number of aromatic nitrogens is 1. The number of nitrogens with zero attached hydrogens (tertiary/aromatic N) is 1. The molecule has 2 rings (SSSR count). The van der Waals surface area contributed by atoms with Gasteiger partial charge in [-0.15, -0.1) is 0 Å². The Kier molecular flexibility index (Phi) is 5.71. The lowest BCUT2D eigenvalue weighted by atomic mass is 9.98. The van der Waals surface area contributed by atoms with E-state index >= 15 is 0 Å². The van der Waals surface area contributed by atoms with E-state index in [1.54, 1.807) is 12.3 Å². The van der Waals surface area contributed by atoms with Crippen molar-refractivity contribution in [3.05, 3.63) is 53.3 Å². The summed E-state index contributed by atoms with van der Waals surface area (Å²) in [6.45, 7) is 6.06. The number of nitrogens with one attached hydrogen (secondary N) is 1. The first-order valence-corrected chi connectivity index (χ1v) is 7.58. The molecule has 5 nitrogen and oxygen atoms in total. The second-order valence-corrected chi connectivity index (χ2v) is 5.70. The molecule has 0 bridgehead atoms. The number of ether oxygens (including phenoxy) is 1.